The molecule has 1 heterocycles. The van der Waals surface area contributed by atoms with Gasteiger partial charge in [0.25, 0.3) is 11.5 Å². The fourth-order valence-electron chi connectivity index (χ4n) is 1.89. The summed E-state index contributed by atoms with van der Waals surface area (Å²) in [7, 11) is 1.36. The minimum Gasteiger partial charge on any atom is -0.448 e. The van der Waals surface area contributed by atoms with Gasteiger partial charge >= 0.3 is 12.6 Å². The van der Waals surface area contributed by atoms with Crippen LogP contribution in [0.5, 0.6) is 5.75 Å². The van der Waals surface area contributed by atoms with E-state index in [0.717, 1.165) is 10.7 Å². The molecule has 2 rings (SSSR count). The largest absolute Gasteiger partial charge is 0.448 e. The summed E-state index contributed by atoms with van der Waals surface area (Å²) in [6.45, 7) is -1.76. The first-order valence-electron chi connectivity index (χ1n) is 7.38. The molecule has 0 saturated carbocycles. The smallest absolute Gasteiger partial charge is 0.387 e. The number of alkyl halides is 2. The van der Waals surface area contributed by atoms with E-state index in [9.17, 15) is 23.2 Å². The first-order valence-corrected chi connectivity index (χ1v) is 7.38. The Hall–Kier alpha value is -3.30. The molecule has 8 nitrogen and oxygen atoms in total. The number of nitrogens with one attached hydrogen (secondary N) is 1. The van der Waals surface area contributed by atoms with Gasteiger partial charge in [0.15, 0.2) is 11.8 Å². The molecule has 2 aromatic rings. The molecule has 26 heavy (non-hydrogen) atoms. The normalized spacial score (nSPS) is 11.7. The Labute approximate surface area is 146 Å². The summed E-state index contributed by atoms with van der Waals surface area (Å²) in [5, 5.41) is 6.05. The van der Waals surface area contributed by atoms with Gasteiger partial charge in [-0.25, -0.2) is 9.48 Å². The first-order chi connectivity index (χ1) is 12.3. The Morgan fingerprint density at radius 1 is 1.19 bits per heavy atom. The van der Waals surface area contributed by atoms with Crippen LogP contribution in [0.25, 0.3) is 0 Å². The lowest BCUT2D eigenvalue weighted by Crippen LogP contribution is -2.31. The van der Waals surface area contributed by atoms with Gasteiger partial charge in [-0.05, 0) is 25.1 Å². The molecular formula is C16H15F2N3O5. The average Bonchev–Trinajstić information content (AvgIpc) is 2.58. The highest BCUT2D eigenvalue weighted by molar-refractivity contribution is 5.97. The zero-order chi connectivity index (χ0) is 19.3. The molecule has 0 spiro atoms. The van der Waals surface area contributed by atoms with Gasteiger partial charge in [-0.2, -0.15) is 13.9 Å². The highest BCUT2D eigenvalue weighted by Crippen LogP contribution is 2.25. The van der Waals surface area contributed by atoms with Gasteiger partial charge in [-0.1, -0.05) is 12.1 Å². The van der Waals surface area contributed by atoms with E-state index in [2.05, 4.69) is 15.2 Å². The van der Waals surface area contributed by atoms with E-state index in [-0.39, 0.29) is 17.1 Å². The number of hydrogen-bond acceptors (Lipinski definition) is 6. The predicted molar refractivity (Wildman–Crippen MR) is 86.1 cm³/mol. The van der Waals surface area contributed by atoms with Crippen LogP contribution in [0.4, 0.5) is 14.5 Å². The molecule has 138 valence electrons. The Morgan fingerprint density at radius 3 is 2.54 bits per heavy atom. The molecule has 0 fully saturated rings. The van der Waals surface area contributed by atoms with Crippen LogP contribution in [0, 0.1) is 0 Å². The van der Waals surface area contributed by atoms with Gasteiger partial charge in [0.2, 0.25) is 0 Å². The van der Waals surface area contributed by atoms with Gasteiger partial charge in [0.1, 0.15) is 5.75 Å². The maximum absolute atomic E-state index is 12.4. The van der Waals surface area contributed by atoms with Crippen molar-refractivity contribution in [2.24, 2.45) is 7.05 Å². The molecule has 0 aliphatic carbocycles. The van der Waals surface area contributed by atoms with E-state index in [4.69, 9.17) is 4.74 Å². The highest BCUT2D eigenvalue weighted by Gasteiger charge is 2.21. The van der Waals surface area contributed by atoms with Crippen molar-refractivity contribution in [3.05, 3.63) is 52.4 Å². The summed E-state index contributed by atoms with van der Waals surface area (Å²) in [6.07, 6.45) is -1.25. The van der Waals surface area contributed by atoms with Gasteiger partial charge in [0, 0.05) is 13.1 Å². The lowest BCUT2D eigenvalue weighted by atomic mass is 10.2. The third kappa shape index (κ3) is 4.85. The van der Waals surface area contributed by atoms with Crippen molar-refractivity contribution in [3.8, 4) is 5.75 Å². The molecule has 1 amide bonds. The fourth-order valence-corrected chi connectivity index (χ4v) is 1.89. The number of halogens is 2. The molecule has 1 aromatic heterocycles. The molecule has 1 aromatic carbocycles. The highest BCUT2D eigenvalue weighted by atomic mass is 19.3. The Balaban J connectivity index is 2.05. The number of amides is 1. The molecule has 0 aliphatic rings. The monoisotopic (exact) mass is 367 g/mol. The number of aryl methyl sites for hydroxylation is 1. The minimum atomic E-state index is -3.06. The number of carbonyl (C=O) groups excluding carboxylic acids is 2. The Bertz CT molecular complexity index is 869. The van der Waals surface area contributed by atoms with Crippen LogP contribution in [0.3, 0.4) is 0 Å². The topological polar surface area (TPSA) is 99.5 Å². The standard InChI is InChI=1S/C16H15F2N3O5/c1-9(25-15(24)11-7-8-13(22)21(2)20-11)14(23)19-10-5-3-4-6-12(10)26-16(17)18/h3-9,16H,1-2H3,(H,19,23)/t9-/m0/s1. The quantitative estimate of drug-likeness (QED) is 0.778. The van der Waals surface area contributed by atoms with Crippen LogP contribution < -0.4 is 15.6 Å². The number of nitrogens with zero attached hydrogens (tertiary/aromatic N) is 2. The number of hydrogen-bond donors (Lipinski definition) is 1. The number of para-hydroxylation sites is 2. The molecule has 0 saturated heterocycles. The van der Waals surface area contributed by atoms with E-state index < -0.39 is 30.2 Å². The van der Waals surface area contributed by atoms with Gasteiger partial charge in [0.05, 0.1) is 5.69 Å². The second kappa shape index (κ2) is 8.19. The Kier molecular flexibility index (Phi) is 5.99. The third-order valence-corrected chi connectivity index (χ3v) is 3.18. The van der Waals surface area contributed by atoms with Crippen molar-refractivity contribution < 1.29 is 27.8 Å². The van der Waals surface area contributed by atoms with Crippen LogP contribution in [0.15, 0.2) is 41.2 Å². The molecule has 10 heteroatoms. The second-order valence-electron chi connectivity index (χ2n) is 5.09. The summed E-state index contributed by atoms with van der Waals surface area (Å²) in [5.41, 5.74) is -0.572. The first kappa shape index (κ1) is 19.0. The zero-order valence-electron chi connectivity index (χ0n) is 13.8. The molecule has 0 bridgehead atoms. The van der Waals surface area contributed by atoms with Crippen molar-refractivity contribution in [2.75, 3.05) is 5.32 Å². The van der Waals surface area contributed by atoms with Crippen molar-refractivity contribution in [2.45, 2.75) is 19.6 Å². The van der Waals surface area contributed by atoms with Crippen molar-refractivity contribution in [1.82, 2.24) is 9.78 Å². The molecule has 1 N–H and O–H groups in total. The third-order valence-electron chi connectivity index (χ3n) is 3.18. The van der Waals surface area contributed by atoms with E-state index in [1.165, 1.54) is 44.3 Å². The number of carbonyl (C=O) groups is 2. The summed E-state index contributed by atoms with van der Waals surface area (Å²) < 4.78 is 35.0. The lowest BCUT2D eigenvalue weighted by molar-refractivity contribution is -0.123. The van der Waals surface area contributed by atoms with Crippen LogP contribution in [0.1, 0.15) is 17.4 Å². The summed E-state index contributed by atoms with van der Waals surface area (Å²) in [5.74, 6) is -1.90. The van der Waals surface area contributed by atoms with E-state index in [1.54, 1.807) is 0 Å². The van der Waals surface area contributed by atoms with Crippen LogP contribution in [-0.4, -0.2) is 34.4 Å². The number of benzene rings is 1. The molecular weight excluding hydrogens is 352 g/mol. The maximum Gasteiger partial charge on any atom is 0.387 e. The zero-order valence-corrected chi connectivity index (χ0v) is 13.8. The summed E-state index contributed by atoms with van der Waals surface area (Å²) >= 11 is 0. The van der Waals surface area contributed by atoms with Crippen molar-refractivity contribution in [1.29, 1.82) is 0 Å². The number of esters is 1. The Morgan fingerprint density at radius 2 is 1.88 bits per heavy atom. The number of ether oxygens (including phenoxy) is 2. The lowest BCUT2D eigenvalue weighted by Gasteiger charge is -2.15. The van der Waals surface area contributed by atoms with Crippen molar-refractivity contribution in [3.63, 3.8) is 0 Å². The summed E-state index contributed by atoms with van der Waals surface area (Å²) in [6, 6.07) is 7.89. The van der Waals surface area contributed by atoms with E-state index >= 15 is 0 Å². The van der Waals surface area contributed by atoms with E-state index in [0.29, 0.717) is 0 Å². The molecule has 0 radical (unpaired) electrons. The average molecular weight is 367 g/mol. The predicted octanol–water partition coefficient (Wildman–Crippen LogP) is 1.57. The van der Waals surface area contributed by atoms with Crippen LogP contribution in [-0.2, 0) is 16.6 Å². The summed E-state index contributed by atoms with van der Waals surface area (Å²) in [4.78, 5) is 35.4. The second-order valence-corrected chi connectivity index (χ2v) is 5.09. The van der Waals surface area contributed by atoms with Gasteiger partial charge < -0.3 is 14.8 Å². The molecule has 0 unspecified atom stereocenters. The van der Waals surface area contributed by atoms with Crippen LogP contribution >= 0.6 is 0 Å². The number of rotatable bonds is 6. The van der Waals surface area contributed by atoms with Crippen molar-refractivity contribution >= 4 is 17.6 Å². The van der Waals surface area contributed by atoms with Crippen LogP contribution in [0.2, 0.25) is 0 Å². The fraction of sp³-hybridized carbons (Fsp3) is 0.250. The van der Waals surface area contributed by atoms with Gasteiger partial charge in [-0.15, -0.1) is 0 Å². The van der Waals surface area contributed by atoms with E-state index in [1.807, 2.05) is 0 Å². The maximum atomic E-state index is 12.4. The number of aromatic nitrogens is 2. The molecule has 1 atom stereocenters. The SMILES string of the molecule is C[C@H](OC(=O)c1ccc(=O)n(C)n1)C(=O)Nc1ccccc1OC(F)F. The van der Waals surface area contributed by atoms with Gasteiger partial charge in [-0.3, -0.25) is 9.59 Å². The number of anilines is 1. The minimum absolute atomic E-state index is 0.000863. The molecule has 0 aliphatic heterocycles.